The third kappa shape index (κ3) is 4.20. The van der Waals surface area contributed by atoms with Crippen molar-refractivity contribution in [3.63, 3.8) is 0 Å². The van der Waals surface area contributed by atoms with Crippen LogP contribution in [0, 0.1) is 13.8 Å². The van der Waals surface area contributed by atoms with Crippen LogP contribution in [-0.2, 0) is 11.3 Å². The van der Waals surface area contributed by atoms with Crippen LogP contribution in [0.15, 0.2) is 42.5 Å². The SMILES string of the molecule is COC(=O)c1ccc(C[NH+]2CCN(c3cc(C)ccc3C)CC2)cc1. The van der Waals surface area contributed by atoms with E-state index in [1.165, 1.54) is 29.5 Å². The quantitative estimate of drug-likeness (QED) is 0.865. The maximum absolute atomic E-state index is 11.5. The van der Waals surface area contributed by atoms with Crippen LogP contribution in [-0.4, -0.2) is 39.3 Å². The number of esters is 1. The molecule has 25 heavy (non-hydrogen) atoms. The molecule has 4 heteroatoms. The van der Waals surface area contributed by atoms with Crippen LogP contribution in [0.2, 0.25) is 0 Å². The predicted octanol–water partition coefficient (Wildman–Crippen LogP) is 2.00. The van der Waals surface area contributed by atoms with E-state index in [0.717, 1.165) is 32.7 Å². The van der Waals surface area contributed by atoms with Gasteiger partial charge in [-0.1, -0.05) is 24.3 Å². The molecule has 0 spiro atoms. The molecule has 0 aliphatic carbocycles. The van der Waals surface area contributed by atoms with E-state index in [-0.39, 0.29) is 5.97 Å². The Labute approximate surface area is 150 Å². The molecule has 3 rings (SSSR count). The zero-order valence-corrected chi connectivity index (χ0v) is 15.3. The first kappa shape index (κ1) is 17.5. The molecule has 1 aliphatic rings. The van der Waals surface area contributed by atoms with E-state index in [1.54, 1.807) is 4.90 Å². The average Bonchev–Trinajstić information content (AvgIpc) is 2.64. The summed E-state index contributed by atoms with van der Waals surface area (Å²) in [6, 6.07) is 14.5. The van der Waals surface area contributed by atoms with E-state index in [0.29, 0.717) is 5.56 Å². The summed E-state index contributed by atoms with van der Waals surface area (Å²) in [6.45, 7) is 9.78. The Balaban J connectivity index is 1.57. The molecule has 0 bridgehead atoms. The highest BCUT2D eigenvalue weighted by molar-refractivity contribution is 5.89. The van der Waals surface area contributed by atoms with Crippen molar-refractivity contribution < 1.29 is 14.4 Å². The lowest BCUT2D eigenvalue weighted by Gasteiger charge is -2.34. The van der Waals surface area contributed by atoms with Crippen LogP contribution in [0.25, 0.3) is 0 Å². The van der Waals surface area contributed by atoms with Crippen LogP contribution in [0.5, 0.6) is 0 Å². The van der Waals surface area contributed by atoms with Crippen LogP contribution >= 0.6 is 0 Å². The van der Waals surface area contributed by atoms with Gasteiger partial charge in [0, 0.05) is 11.3 Å². The summed E-state index contributed by atoms with van der Waals surface area (Å²) in [4.78, 5) is 15.6. The fourth-order valence-electron chi connectivity index (χ4n) is 3.47. The molecule has 1 fully saturated rings. The third-order valence-electron chi connectivity index (χ3n) is 5.01. The number of benzene rings is 2. The second kappa shape index (κ2) is 7.70. The Bertz CT molecular complexity index is 732. The lowest BCUT2D eigenvalue weighted by molar-refractivity contribution is -0.914. The molecule has 0 aromatic heterocycles. The van der Waals surface area contributed by atoms with Gasteiger partial charge < -0.3 is 14.5 Å². The van der Waals surface area contributed by atoms with Gasteiger partial charge in [-0.2, -0.15) is 0 Å². The van der Waals surface area contributed by atoms with Crippen molar-refractivity contribution in [2.45, 2.75) is 20.4 Å². The Morgan fingerprint density at radius 2 is 1.76 bits per heavy atom. The molecule has 0 amide bonds. The normalized spacial score (nSPS) is 15.2. The van der Waals surface area contributed by atoms with Crippen molar-refractivity contribution in [1.82, 2.24) is 0 Å². The largest absolute Gasteiger partial charge is 0.465 e. The Morgan fingerprint density at radius 3 is 2.40 bits per heavy atom. The van der Waals surface area contributed by atoms with Gasteiger partial charge in [-0.05, 0) is 43.2 Å². The molecule has 2 aromatic rings. The van der Waals surface area contributed by atoms with Crippen molar-refractivity contribution in [3.05, 3.63) is 64.7 Å². The standard InChI is InChI=1S/C21H26N2O2/c1-16-4-5-17(2)20(14-16)23-12-10-22(11-13-23)15-18-6-8-19(9-7-18)21(24)25-3/h4-9,14H,10-13,15H2,1-3H3/p+1. The Morgan fingerprint density at radius 1 is 1.08 bits per heavy atom. The molecule has 1 saturated heterocycles. The molecule has 132 valence electrons. The molecule has 4 nitrogen and oxygen atoms in total. The summed E-state index contributed by atoms with van der Waals surface area (Å²) in [7, 11) is 1.41. The molecule has 1 N–H and O–H groups in total. The van der Waals surface area contributed by atoms with E-state index in [1.807, 2.05) is 24.3 Å². The van der Waals surface area contributed by atoms with E-state index in [9.17, 15) is 4.79 Å². The topological polar surface area (TPSA) is 34.0 Å². The van der Waals surface area contributed by atoms with Crippen molar-refractivity contribution in [3.8, 4) is 0 Å². The Hall–Kier alpha value is -2.33. The maximum Gasteiger partial charge on any atom is 0.337 e. The number of hydrogen-bond donors (Lipinski definition) is 1. The summed E-state index contributed by atoms with van der Waals surface area (Å²) in [6.07, 6.45) is 0. The number of anilines is 1. The number of aryl methyl sites for hydroxylation is 2. The number of quaternary nitrogens is 1. The summed E-state index contributed by atoms with van der Waals surface area (Å²) < 4.78 is 4.75. The number of piperazine rings is 1. The van der Waals surface area contributed by atoms with Crippen molar-refractivity contribution in [2.24, 2.45) is 0 Å². The number of carbonyl (C=O) groups excluding carboxylic acids is 1. The Kier molecular flexibility index (Phi) is 5.39. The number of nitrogens with zero attached hydrogens (tertiary/aromatic N) is 1. The smallest absolute Gasteiger partial charge is 0.337 e. The number of ether oxygens (including phenoxy) is 1. The zero-order chi connectivity index (χ0) is 17.8. The second-order valence-electron chi connectivity index (χ2n) is 6.89. The summed E-state index contributed by atoms with van der Waals surface area (Å²) in [5, 5.41) is 0. The van der Waals surface area contributed by atoms with Gasteiger partial charge in [0.05, 0.1) is 38.9 Å². The molecule has 0 atom stereocenters. The fourth-order valence-corrected chi connectivity index (χ4v) is 3.47. The lowest BCUT2D eigenvalue weighted by atomic mass is 10.1. The summed E-state index contributed by atoms with van der Waals surface area (Å²) in [5.74, 6) is -0.277. The molecule has 0 radical (unpaired) electrons. The minimum Gasteiger partial charge on any atom is -0.465 e. The minimum absolute atomic E-state index is 0.277. The van der Waals surface area contributed by atoms with Gasteiger partial charge >= 0.3 is 5.97 Å². The fraction of sp³-hybridized carbons (Fsp3) is 0.381. The molecule has 2 aromatic carbocycles. The van der Waals surface area contributed by atoms with E-state index < -0.39 is 0 Å². The average molecular weight is 339 g/mol. The van der Waals surface area contributed by atoms with Gasteiger partial charge in [0.25, 0.3) is 0 Å². The molecular formula is C21H27N2O2+. The number of rotatable bonds is 4. The van der Waals surface area contributed by atoms with Crippen molar-refractivity contribution >= 4 is 11.7 Å². The highest BCUT2D eigenvalue weighted by atomic mass is 16.5. The number of methoxy groups -OCH3 is 1. The van der Waals surface area contributed by atoms with Gasteiger partial charge in [0.1, 0.15) is 6.54 Å². The minimum atomic E-state index is -0.277. The highest BCUT2D eigenvalue weighted by Crippen LogP contribution is 2.21. The molecule has 1 aliphatic heterocycles. The van der Waals surface area contributed by atoms with Gasteiger partial charge in [0.15, 0.2) is 0 Å². The highest BCUT2D eigenvalue weighted by Gasteiger charge is 2.21. The van der Waals surface area contributed by atoms with E-state index >= 15 is 0 Å². The van der Waals surface area contributed by atoms with Crippen LogP contribution < -0.4 is 9.80 Å². The first-order valence-corrected chi connectivity index (χ1v) is 8.90. The summed E-state index contributed by atoms with van der Waals surface area (Å²) >= 11 is 0. The number of hydrogen-bond acceptors (Lipinski definition) is 3. The van der Waals surface area contributed by atoms with Gasteiger partial charge in [-0.15, -0.1) is 0 Å². The summed E-state index contributed by atoms with van der Waals surface area (Å²) in [5.41, 5.74) is 5.93. The molecular weight excluding hydrogens is 312 g/mol. The first-order chi connectivity index (χ1) is 12.1. The van der Waals surface area contributed by atoms with Crippen LogP contribution in [0.4, 0.5) is 5.69 Å². The van der Waals surface area contributed by atoms with Crippen molar-refractivity contribution in [1.29, 1.82) is 0 Å². The second-order valence-corrected chi connectivity index (χ2v) is 6.89. The van der Waals surface area contributed by atoms with Crippen LogP contribution in [0.1, 0.15) is 27.0 Å². The molecule has 0 unspecified atom stereocenters. The van der Waals surface area contributed by atoms with Crippen molar-refractivity contribution in [2.75, 3.05) is 38.2 Å². The van der Waals surface area contributed by atoms with Gasteiger partial charge in [-0.25, -0.2) is 4.79 Å². The van der Waals surface area contributed by atoms with Crippen LogP contribution in [0.3, 0.4) is 0 Å². The molecule has 0 saturated carbocycles. The zero-order valence-electron chi connectivity index (χ0n) is 15.3. The lowest BCUT2D eigenvalue weighted by Crippen LogP contribution is -3.13. The third-order valence-corrected chi connectivity index (χ3v) is 5.01. The number of carbonyl (C=O) groups is 1. The molecule has 1 heterocycles. The van der Waals surface area contributed by atoms with E-state index in [2.05, 4.69) is 36.9 Å². The van der Waals surface area contributed by atoms with E-state index in [4.69, 9.17) is 4.74 Å². The number of nitrogens with one attached hydrogen (secondary N) is 1. The monoisotopic (exact) mass is 339 g/mol. The van der Waals surface area contributed by atoms with Gasteiger partial charge in [-0.3, -0.25) is 0 Å². The maximum atomic E-state index is 11.5. The predicted molar refractivity (Wildman–Crippen MR) is 100 cm³/mol. The van der Waals surface area contributed by atoms with Gasteiger partial charge in [0.2, 0.25) is 0 Å². The first-order valence-electron chi connectivity index (χ1n) is 8.90.